The molecule has 0 aliphatic carbocycles. The van der Waals surface area contributed by atoms with Crippen LogP contribution in [0.1, 0.15) is 79.1 Å². The van der Waals surface area contributed by atoms with Gasteiger partial charge in [0.15, 0.2) is 0 Å². The maximum atomic E-state index is 5.66. The molecule has 0 radical (unpaired) electrons. The average Bonchev–Trinajstić information content (AvgIpc) is 2.71. The Balaban J connectivity index is 2.56. The van der Waals surface area contributed by atoms with Gasteiger partial charge < -0.3 is 9.47 Å². The monoisotopic (exact) mass is 408 g/mol. The van der Waals surface area contributed by atoms with Crippen molar-refractivity contribution in [1.29, 1.82) is 0 Å². The van der Waals surface area contributed by atoms with Gasteiger partial charge in [0, 0.05) is 12.8 Å². The topological polar surface area (TPSA) is 18.5 Å². The van der Waals surface area contributed by atoms with Crippen LogP contribution < -0.4 is 0 Å². The van der Waals surface area contributed by atoms with Crippen LogP contribution in [-0.4, -0.2) is 26.4 Å². The van der Waals surface area contributed by atoms with Crippen LogP contribution in [0.2, 0.25) is 0 Å². The van der Waals surface area contributed by atoms with Crippen LogP contribution >= 0.6 is 0 Å². The molecule has 0 N–H and O–H groups in total. The smallest absolute Gasteiger partial charge is 0.108 e. The molecule has 0 bridgehead atoms. The van der Waals surface area contributed by atoms with Crippen LogP contribution in [0.25, 0.3) is 0 Å². The van der Waals surface area contributed by atoms with Gasteiger partial charge in [0.2, 0.25) is 0 Å². The molecule has 0 saturated heterocycles. The molecule has 2 heteroatoms. The van der Waals surface area contributed by atoms with Crippen LogP contribution in [0.3, 0.4) is 0 Å². The lowest BCUT2D eigenvalue weighted by Gasteiger charge is -2.03. The van der Waals surface area contributed by atoms with E-state index in [0.29, 0.717) is 26.4 Å². The first-order chi connectivity index (χ1) is 14.6. The zero-order valence-electron chi connectivity index (χ0n) is 19.6. The minimum atomic E-state index is 0.514. The van der Waals surface area contributed by atoms with Crippen LogP contribution in [0.5, 0.6) is 0 Å². The molecule has 1 aliphatic heterocycles. The molecule has 0 aromatic carbocycles. The highest BCUT2D eigenvalue weighted by Gasteiger charge is 1.94. The van der Waals surface area contributed by atoms with Crippen molar-refractivity contribution in [1.82, 2.24) is 0 Å². The zero-order chi connectivity index (χ0) is 21.9. The van der Waals surface area contributed by atoms with E-state index in [1.807, 2.05) is 0 Å². The molecule has 0 unspecified atom stereocenters. The molecule has 0 aromatic heterocycles. The quantitative estimate of drug-likeness (QED) is 0.319. The summed E-state index contributed by atoms with van der Waals surface area (Å²) in [5.41, 5.74) is 5.41. The predicted molar refractivity (Wildman–Crippen MR) is 129 cm³/mol. The Labute approximate surface area is 185 Å². The van der Waals surface area contributed by atoms with E-state index >= 15 is 0 Å². The largest absolute Gasteiger partial charge is 0.364 e. The molecule has 1 heterocycles. The molecule has 0 aromatic rings. The summed E-state index contributed by atoms with van der Waals surface area (Å²) in [4.78, 5) is 0. The summed E-state index contributed by atoms with van der Waals surface area (Å²) >= 11 is 0. The molecule has 1 aliphatic rings. The molecular formula is C28H40O2. The van der Waals surface area contributed by atoms with Crippen molar-refractivity contribution in [3.8, 4) is 23.7 Å². The van der Waals surface area contributed by atoms with Gasteiger partial charge in [0.1, 0.15) is 13.2 Å². The fourth-order valence-corrected chi connectivity index (χ4v) is 3.00. The highest BCUT2D eigenvalue weighted by molar-refractivity contribution is 5.08. The maximum absolute atomic E-state index is 5.66. The third kappa shape index (κ3) is 15.9. The first-order valence-corrected chi connectivity index (χ1v) is 11.3. The van der Waals surface area contributed by atoms with Gasteiger partial charge in [-0.3, -0.25) is 0 Å². The molecule has 0 spiro atoms. The van der Waals surface area contributed by atoms with E-state index in [0.717, 1.165) is 51.4 Å². The van der Waals surface area contributed by atoms with E-state index in [4.69, 9.17) is 9.47 Å². The lowest BCUT2D eigenvalue weighted by Crippen LogP contribution is -1.96. The minimum Gasteiger partial charge on any atom is -0.364 e. The molecule has 0 atom stereocenters. The van der Waals surface area contributed by atoms with Gasteiger partial charge in [-0.25, -0.2) is 0 Å². The van der Waals surface area contributed by atoms with E-state index in [2.05, 4.69) is 75.7 Å². The highest BCUT2D eigenvalue weighted by Crippen LogP contribution is 2.10. The van der Waals surface area contributed by atoms with Gasteiger partial charge in [-0.2, -0.15) is 0 Å². The Kier molecular flexibility index (Phi) is 15.5. The standard InChI is InChI=1S/C28H40O2/c1-25-15-9-5-7-11-21-30-24-28(4)20-14-18-26(2)16-10-6-8-12-22-29-23-27(3)19-13-17-25/h15-16,19-20H,5-6,9-10,13-14,17-18,21-24H2,1-4H3/b25-15+,26-16+,27-19-,28-20-. The van der Waals surface area contributed by atoms with Crippen molar-refractivity contribution < 1.29 is 9.47 Å². The van der Waals surface area contributed by atoms with Crippen LogP contribution in [0.4, 0.5) is 0 Å². The Morgan fingerprint density at radius 1 is 0.533 bits per heavy atom. The van der Waals surface area contributed by atoms with Crippen molar-refractivity contribution in [3.05, 3.63) is 46.6 Å². The normalized spacial score (nSPS) is 26.5. The molecular weight excluding hydrogens is 368 g/mol. The number of hydrogen-bond acceptors (Lipinski definition) is 2. The van der Waals surface area contributed by atoms with Crippen LogP contribution in [0, 0.1) is 23.7 Å². The van der Waals surface area contributed by atoms with Crippen LogP contribution in [0.15, 0.2) is 46.6 Å². The van der Waals surface area contributed by atoms with Crippen molar-refractivity contribution in [3.63, 3.8) is 0 Å². The van der Waals surface area contributed by atoms with E-state index < -0.39 is 0 Å². The average molecular weight is 409 g/mol. The second kappa shape index (κ2) is 17.8. The van der Waals surface area contributed by atoms with Gasteiger partial charge in [-0.15, -0.1) is 11.8 Å². The third-order valence-electron chi connectivity index (χ3n) is 4.85. The third-order valence-corrected chi connectivity index (χ3v) is 4.85. The minimum absolute atomic E-state index is 0.514. The summed E-state index contributed by atoms with van der Waals surface area (Å²) in [6.45, 7) is 11.0. The second-order valence-electron chi connectivity index (χ2n) is 8.05. The Morgan fingerprint density at radius 3 is 1.37 bits per heavy atom. The number of rotatable bonds is 0. The zero-order valence-corrected chi connectivity index (χ0v) is 19.6. The lowest BCUT2D eigenvalue weighted by molar-refractivity contribution is 0.191. The second-order valence-corrected chi connectivity index (χ2v) is 8.05. The fourth-order valence-electron chi connectivity index (χ4n) is 3.00. The SMILES string of the molecule is C/C1=C/CC/C(C)=C/CCC#CCOC/C(C)=C\CC/C(C)=C/CCC#CCOC1. The fraction of sp³-hybridized carbons (Fsp3) is 0.571. The van der Waals surface area contributed by atoms with Gasteiger partial charge >= 0.3 is 0 Å². The molecule has 30 heavy (non-hydrogen) atoms. The Bertz CT molecular complexity index is 662. The summed E-state index contributed by atoms with van der Waals surface area (Å²) in [5, 5.41) is 0. The first-order valence-electron chi connectivity index (χ1n) is 11.3. The summed E-state index contributed by atoms with van der Waals surface area (Å²) in [6, 6.07) is 0. The van der Waals surface area contributed by atoms with Gasteiger partial charge in [-0.1, -0.05) is 58.4 Å². The first kappa shape index (κ1) is 26.0. The van der Waals surface area contributed by atoms with Gasteiger partial charge in [-0.05, 0) is 66.2 Å². The van der Waals surface area contributed by atoms with Crippen LogP contribution in [-0.2, 0) is 9.47 Å². The van der Waals surface area contributed by atoms with Gasteiger partial charge in [0.05, 0.1) is 13.2 Å². The van der Waals surface area contributed by atoms with Gasteiger partial charge in [0.25, 0.3) is 0 Å². The van der Waals surface area contributed by atoms with Crippen molar-refractivity contribution in [2.75, 3.05) is 26.4 Å². The summed E-state index contributed by atoms with van der Waals surface area (Å²) < 4.78 is 11.3. The number of hydrogen-bond donors (Lipinski definition) is 0. The maximum Gasteiger partial charge on any atom is 0.108 e. The Hall–Kier alpha value is -2.00. The number of ether oxygens (including phenoxy) is 2. The van der Waals surface area contributed by atoms with E-state index in [1.165, 1.54) is 22.3 Å². The Morgan fingerprint density at radius 2 is 0.933 bits per heavy atom. The lowest BCUT2D eigenvalue weighted by atomic mass is 10.1. The molecule has 164 valence electrons. The number of allylic oxidation sites excluding steroid dienone is 6. The van der Waals surface area contributed by atoms with E-state index in [1.54, 1.807) is 0 Å². The molecule has 1 rings (SSSR count). The summed E-state index contributed by atoms with van der Waals surface area (Å²) in [6.07, 6.45) is 17.3. The molecule has 0 fully saturated rings. The summed E-state index contributed by atoms with van der Waals surface area (Å²) in [5.74, 6) is 12.7. The highest BCUT2D eigenvalue weighted by atomic mass is 16.5. The summed E-state index contributed by atoms with van der Waals surface area (Å²) in [7, 11) is 0. The van der Waals surface area contributed by atoms with Crippen molar-refractivity contribution in [2.45, 2.75) is 79.1 Å². The molecule has 0 saturated carbocycles. The van der Waals surface area contributed by atoms with Crippen molar-refractivity contribution in [2.24, 2.45) is 0 Å². The molecule has 0 amide bonds. The van der Waals surface area contributed by atoms with E-state index in [9.17, 15) is 0 Å². The van der Waals surface area contributed by atoms with E-state index in [-0.39, 0.29) is 0 Å². The van der Waals surface area contributed by atoms with Crippen molar-refractivity contribution >= 4 is 0 Å². The molecule has 2 nitrogen and oxygen atoms in total. The predicted octanol–water partition coefficient (Wildman–Crippen LogP) is 6.95.